The number of nitrogens with one attached hydrogen (secondary N) is 1. The van der Waals surface area contributed by atoms with Crippen LogP contribution in [0.5, 0.6) is 0 Å². The van der Waals surface area contributed by atoms with Crippen LogP contribution in [-0.2, 0) is 16.6 Å². The molecule has 3 rings (SSSR count). The molecule has 3 atom stereocenters. The van der Waals surface area contributed by atoms with Crippen LogP contribution in [0.15, 0.2) is 11.2 Å². The van der Waals surface area contributed by atoms with E-state index in [1.165, 1.54) is 0 Å². The van der Waals surface area contributed by atoms with Gasteiger partial charge in [-0.3, -0.25) is 14.5 Å². The van der Waals surface area contributed by atoms with Gasteiger partial charge in [0.15, 0.2) is 5.96 Å². The van der Waals surface area contributed by atoms with Crippen molar-refractivity contribution in [2.24, 2.45) is 23.7 Å². The normalized spacial score (nSPS) is 27.3. The molecular formula is C17H28N6O2. The molecule has 1 unspecified atom stereocenters. The fraction of sp³-hybridized carbons (Fsp3) is 0.706. The van der Waals surface area contributed by atoms with Gasteiger partial charge in [0.05, 0.1) is 18.3 Å². The summed E-state index contributed by atoms with van der Waals surface area (Å²) >= 11 is 0. The second kappa shape index (κ2) is 7.43. The van der Waals surface area contributed by atoms with Crippen molar-refractivity contribution in [3.63, 3.8) is 0 Å². The lowest BCUT2D eigenvalue weighted by Crippen LogP contribution is -2.37. The largest absolute Gasteiger partial charge is 0.376 e. The number of likely N-dealkylation sites (tertiary alicyclic amines) is 1. The van der Waals surface area contributed by atoms with E-state index in [9.17, 15) is 4.79 Å². The number of aliphatic imine (C=N–C) groups is 1. The maximum Gasteiger partial charge on any atom is 0.223 e. The molecule has 8 heteroatoms. The number of hydrogen-bond acceptors (Lipinski definition) is 4. The summed E-state index contributed by atoms with van der Waals surface area (Å²) in [6.07, 6.45) is 4.72. The average Bonchev–Trinajstić information content (AvgIpc) is 3.28. The molecule has 2 saturated heterocycles. The van der Waals surface area contributed by atoms with Crippen LogP contribution >= 0.6 is 0 Å². The number of carbonyl (C=O) groups excluding carboxylic acids is 1. The van der Waals surface area contributed by atoms with Crippen molar-refractivity contribution in [1.82, 2.24) is 20.0 Å². The number of guanidine groups is 1. The molecule has 138 valence electrons. The van der Waals surface area contributed by atoms with Crippen molar-refractivity contribution in [2.75, 3.05) is 26.7 Å². The smallest absolute Gasteiger partial charge is 0.223 e. The van der Waals surface area contributed by atoms with E-state index in [1.54, 1.807) is 4.90 Å². The molecule has 0 aromatic carbocycles. The minimum Gasteiger partial charge on any atom is -0.376 e. The predicted octanol–water partition coefficient (Wildman–Crippen LogP) is 0.331. The standard InChI is InChI=1S/C17H28N6O2/c1-11-14(10-21-23(11)3)16-12(7-15(24)22(16)2)8-19-17(18)20-9-13-5-4-6-25-13/h10,12-13,16H,4-9H2,1-3H3,(H3,18,19,20)/t12-,13?,16+/m0/s1. The summed E-state index contributed by atoms with van der Waals surface area (Å²) in [4.78, 5) is 18.5. The van der Waals surface area contributed by atoms with E-state index in [0.717, 1.165) is 30.7 Å². The maximum atomic E-state index is 12.2. The van der Waals surface area contributed by atoms with Gasteiger partial charge in [-0.05, 0) is 19.8 Å². The van der Waals surface area contributed by atoms with Crippen LogP contribution in [0, 0.1) is 12.8 Å². The summed E-state index contributed by atoms with van der Waals surface area (Å²) in [5.41, 5.74) is 8.14. The first-order valence-corrected chi connectivity index (χ1v) is 8.87. The zero-order valence-corrected chi connectivity index (χ0v) is 15.2. The van der Waals surface area contributed by atoms with Gasteiger partial charge < -0.3 is 20.7 Å². The number of aromatic nitrogens is 2. The Labute approximate surface area is 148 Å². The van der Waals surface area contributed by atoms with Crippen LogP contribution in [0.2, 0.25) is 0 Å². The Morgan fingerprint density at radius 3 is 2.96 bits per heavy atom. The third kappa shape index (κ3) is 3.78. The quantitative estimate of drug-likeness (QED) is 0.590. The highest BCUT2D eigenvalue weighted by atomic mass is 16.5. The molecule has 8 nitrogen and oxygen atoms in total. The molecule has 1 aromatic rings. The summed E-state index contributed by atoms with van der Waals surface area (Å²) in [6, 6.07) is -0.00378. The Kier molecular flexibility index (Phi) is 5.27. The Balaban J connectivity index is 1.64. The zero-order valence-electron chi connectivity index (χ0n) is 15.2. The number of nitrogens with two attached hydrogens (primary N) is 1. The average molecular weight is 348 g/mol. The molecule has 0 radical (unpaired) electrons. The fourth-order valence-corrected chi connectivity index (χ4v) is 3.68. The molecule has 2 fully saturated rings. The van der Waals surface area contributed by atoms with Crippen molar-refractivity contribution >= 4 is 11.9 Å². The molecule has 1 aromatic heterocycles. The summed E-state index contributed by atoms with van der Waals surface area (Å²) < 4.78 is 7.40. The number of rotatable bonds is 5. The lowest BCUT2D eigenvalue weighted by molar-refractivity contribution is -0.127. The Bertz CT molecular complexity index is 650. The molecule has 1 amide bonds. The Morgan fingerprint density at radius 1 is 1.52 bits per heavy atom. The maximum absolute atomic E-state index is 12.2. The minimum atomic E-state index is -0.00378. The van der Waals surface area contributed by atoms with Crippen molar-refractivity contribution < 1.29 is 9.53 Å². The lowest BCUT2D eigenvalue weighted by atomic mass is 9.94. The Hall–Kier alpha value is -2.09. The number of carbonyl (C=O) groups is 1. The van der Waals surface area contributed by atoms with Crippen LogP contribution < -0.4 is 11.1 Å². The van der Waals surface area contributed by atoms with E-state index >= 15 is 0 Å². The fourth-order valence-electron chi connectivity index (χ4n) is 3.68. The van der Waals surface area contributed by atoms with Crippen LogP contribution in [0.4, 0.5) is 0 Å². The third-order valence-electron chi connectivity index (χ3n) is 5.32. The summed E-state index contributed by atoms with van der Waals surface area (Å²) in [5.74, 6) is 0.655. The first-order chi connectivity index (χ1) is 12.0. The molecule has 3 heterocycles. The molecule has 2 aliphatic heterocycles. The predicted molar refractivity (Wildman–Crippen MR) is 95.0 cm³/mol. The minimum absolute atomic E-state index is 0.00378. The van der Waals surface area contributed by atoms with Crippen molar-refractivity contribution in [2.45, 2.75) is 38.3 Å². The Morgan fingerprint density at radius 2 is 2.32 bits per heavy atom. The highest BCUT2D eigenvalue weighted by Gasteiger charge is 2.39. The topological polar surface area (TPSA) is 97.8 Å². The number of aryl methyl sites for hydroxylation is 1. The van der Waals surface area contributed by atoms with Crippen LogP contribution in [0.25, 0.3) is 0 Å². The summed E-state index contributed by atoms with van der Waals surface area (Å²) in [7, 11) is 3.76. The van der Waals surface area contributed by atoms with Gasteiger partial charge >= 0.3 is 0 Å². The number of nitrogens with zero attached hydrogens (tertiary/aromatic N) is 4. The summed E-state index contributed by atoms with van der Waals surface area (Å²) in [5, 5.41) is 7.44. The number of amides is 1. The van der Waals surface area contributed by atoms with Crippen LogP contribution in [0.3, 0.4) is 0 Å². The van der Waals surface area contributed by atoms with E-state index in [-0.39, 0.29) is 24.0 Å². The number of ether oxygens (including phenoxy) is 1. The van der Waals surface area contributed by atoms with E-state index < -0.39 is 0 Å². The molecular weight excluding hydrogens is 320 g/mol. The lowest BCUT2D eigenvalue weighted by Gasteiger charge is -2.24. The van der Waals surface area contributed by atoms with Gasteiger partial charge in [-0.25, -0.2) is 0 Å². The molecule has 0 aliphatic carbocycles. The second-order valence-corrected chi connectivity index (χ2v) is 6.96. The van der Waals surface area contributed by atoms with E-state index in [4.69, 9.17) is 10.5 Å². The number of hydrogen-bond donors (Lipinski definition) is 2. The third-order valence-corrected chi connectivity index (χ3v) is 5.32. The van der Waals surface area contributed by atoms with Crippen LogP contribution in [-0.4, -0.2) is 59.4 Å². The van der Waals surface area contributed by atoms with E-state index in [0.29, 0.717) is 25.5 Å². The zero-order chi connectivity index (χ0) is 18.0. The second-order valence-electron chi connectivity index (χ2n) is 6.96. The molecule has 0 bridgehead atoms. The SMILES string of the molecule is Cc1c([C@H]2[C@H](CN=C(N)NCC3CCCO3)CC(=O)N2C)cnn1C. The van der Waals surface area contributed by atoms with Crippen molar-refractivity contribution in [3.05, 3.63) is 17.5 Å². The van der Waals surface area contributed by atoms with Crippen molar-refractivity contribution in [1.29, 1.82) is 0 Å². The van der Waals surface area contributed by atoms with E-state index in [1.807, 2.05) is 31.9 Å². The van der Waals surface area contributed by atoms with Gasteiger partial charge in [-0.1, -0.05) is 0 Å². The van der Waals surface area contributed by atoms with Crippen LogP contribution in [0.1, 0.15) is 36.6 Å². The van der Waals surface area contributed by atoms with Gasteiger partial charge in [0, 0.05) is 57.4 Å². The highest BCUT2D eigenvalue weighted by Crippen LogP contribution is 2.38. The van der Waals surface area contributed by atoms with Gasteiger partial charge in [-0.15, -0.1) is 0 Å². The molecule has 3 N–H and O–H groups in total. The van der Waals surface area contributed by atoms with Gasteiger partial charge in [0.2, 0.25) is 5.91 Å². The molecule has 2 aliphatic rings. The molecule has 0 saturated carbocycles. The summed E-state index contributed by atoms with van der Waals surface area (Å²) in [6.45, 7) is 4.05. The molecule has 25 heavy (non-hydrogen) atoms. The van der Waals surface area contributed by atoms with E-state index in [2.05, 4.69) is 15.4 Å². The monoisotopic (exact) mass is 348 g/mol. The van der Waals surface area contributed by atoms with Crippen molar-refractivity contribution in [3.8, 4) is 0 Å². The van der Waals surface area contributed by atoms with Gasteiger partial charge in [-0.2, -0.15) is 5.10 Å². The molecule has 0 spiro atoms. The highest BCUT2D eigenvalue weighted by molar-refractivity contribution is 5.80. The van der Waals surface area contributed by atoms with Gasteiger partial charge in [0.1, 0.15) is 0 Å². The first kappa shape index (κ1) is 17.7. The first-order valence-electron chi connectivity index (χ1n) is 8.87. The van der Waals surface area contributed by atoms with Gasteiger partial charge in [0.25, 0.3) is 0 Å².